The summed E-state index contributed by atoms with van der Waals surface area (Å²) in [5.74, 6) is 0.461. The van der Waals surface area contributed by atoms with Crippen molar-refractivity contribution in [2.75, 3.05) is 11.4 Å². The molecule has 0 amide bonds. The molecule has 2 rings (SSSR count). The van der Waals surface area contributed by atoms with Gasteiger partial charge in [-0.3, -0.25) is 0 Å². The second kappa shape index (κ2) is 4.82. The summed E-state index contributed by atoms with van der Waals surface area (Å²) in [6, 6.07) is 8.32. The van der Waals surface area contributed by atoms with Crippen molar-refractivity contribution in [1.29, 1.82) is 5.26 Å². The zero-order valence-corrected chi connectivity index (χ0v) is 12.0. The van der Waals surface area contributed by atoms with Crippen molar-refractivity contribution in [3.63, 3.8) is 0 Å². The fourth-order valence-electron chi connectivity index (χ4n) is 2.95. The fraction of sp³-hybridized carbons (Fsp3) is 0.533. The fourth-order valence-corrected chi connectivity index (χ4v) is 3.12. The molecule has 1 fully saturated rings. The molecule has 0 radical (unpaired) electrons. The maximum atomic E-state index is 8.86. The van der Waals surface area contributed by atoms with Gasteiger partial charge in [0.1, 0.15) is 0 Å². The molecule has 18 heavy (non-hydrogen) atoms. The van der Waals surface area contributed by atoms with Crippen molar-refractivity contribution in [3.8, 4) is 6.07 Å². The Kier molecular flexibility index (Phi) is 3.54. The number of hydrogen-bond acceptors (Lipinski definition) is 2. The molecule has 1 heterocycles. The first-order chi connectivity index (χ1) is 8.44. The molecule has 1 saturated heterocycles. The Morgan fingerprint density at radius 1 is 1.50 bits per heavy atom. The van der Waals surface area contributed by atoms with E-state index in [0.717, 1.165) is 18.0 Å². The van der Waals surface area contributed by atoms with Gasteiger partial charge >= 0.3 is 0 Å². The molecule has 0 saturated carbocycles. The number of halogens is 1. The van der Waals surface area contributed by atoms with E-state index in [0.29, 0.717) is 12.3 Å². The summed E-state index contributed by atoms with van der Waals surface area (Å²) in [5, 5.41) is 9.64. The average Bonchev–Trinajstić information content (AvgIpc) is 2.57. The molecule has 0 N–H and O–H groups in total. The van der Waals surface area contributed by atoms with E-state index in [-0.39, 0.29) is 5.54 Å². The van der Waals surface area contributed by atoms with Crippen molar-refractivity contribution >= 4 is 17.3 Å². The molecule has 1 atom stereocenters. The Hall–Kier alpha value is -1.20. The Balaban J connectivity index is 2.33. The minimum atomic E-state index is 0.0942. The van der Waals surface area contributed by atoms with Crippen LogP contribution in [-0.2, 0) is 0 Å². The van der Waals surface area contributed by atoms with Crippen LogP contribution >= 0.6 is 11.6 Å². The summed E-state index contributed by atoms with van der Waals surface area (Å²) in [4.78, 5) is 2.40. The van der Waals surface area contributed by atoms with Gasteiger partial charge in [0.25, 0.3) is 0 Å². The molecule has 1 aromatic carbocycles. The zero-order chi connectivity index (χ0) is 13.3. The predicted octanol–water partition coefficient (Wildman–Crippen LogP) is 4.17. The number of rotatable bonds is 2. The highest BCUT2D eigenvalue weighted by Crippen LogP contribution is 2.40. The Morgan fingerprint density at radius 2 is 2.22 bits per heavy atom. The van der Waals surface area contributed by atoms with Crippen molar-refractivity contribution in [1.82, 2.24) is 0 Å². The summed E-state index contributed by atoms with van der Waals surface area (Å²) in [6.07, 6.45) is 1.70. The lowest BCUT2D eigenvalue weighted by Crippen LogP contribution is -2.38. The summed E-state index contributed by atoms with van der Waals surface area (Å²) in [5.41, 5.74) is 2.54. The van der Waals surface area contributed by atoms with E-state index in [2.05, 4.69) is 37.8 Å². The highest BCUT2D eigenvalue weighted by Gasteiger charge is 2.38. The molecule has 3 heteroatoms. The number of anilines is 1. The molecule has 0 aromatic heterocycles. The van der Waals surface area contributed by atoms with Crippen molar-refractivity contribution in [2.24, 2.45) is 5.92 Å². The molecule has 0 aliphatic carbocycles. The monoisotopic (exact) mass is 262 g/mol. The van der Waals surface area contributed by atoms with Crippen molar-refractivity contribution in [2.45, 2.75) is 39.2 Å². The summed E-state index contributed by atoms with van der Waals surface area (Å²) in [6.45, 7) is 7.54. The van der Waals surface area contributed by atoms with Gasteiger partial charge in [0, 0.05) is 29.2 Å². The first-order valence-corrected chi connectivity index (χ1v) is 6.72. The van der Waals surface area contributed by atoms with Gasteiger partial charge in [0.2, 0.25) is 0 Å². The standard InChI is InChI=1S/C15H19ClN2/c1-11-4-5-13(16)8-14(11)18-10-12(6-7-17)9-15(18,2)3/h4-5,8,12H,6,9-10H2,1-3H3. The first kappa shape index (κ1) is 13.2. The van der Waals surface area contributed by atoms with Gasteiger partial charge in [-0.25, -0.2) is 0 Å². The smallest absolute Gasteiger partial charge is 0.0625 e. The van der Waals surface area contributed by atoms with Crippen LogP contribution in [0.2, 0.25) is 5.02 Å². The quantitative estimate of drug-likeness (QED) is 0.800. The van der Waals surface area contributed by atoms with Crippen LogP contribution in [0.1, 0.15) is 32.3 Å². The summed E-state index contributed by atoms with van der Waals surface area (Å²) in [7, 11) is 0. The van der Waals surface area contributed by atoms with Crippen molar-refractivity contribution in [3.05, 3.63) is 28.8 Å². The number of aryl methyl sites for hydroxylation is 1. The maximum absolute atomic E-state index is 8.86. The van der Waals surface area contributed by atoms with E-state index in [4.69, 9.17) is 16.9 Å². The summed E-state index contributed by atoms with van der Waals surface area (Å²) < 4.78 is 0. The van der Waals surface area contributed by atoms with E-state index >= 15 is 0 Å². The first-order valence-electron chi connectivity index (χ1n) is 6.35. The lowest BCUT2D eigenvalue weighted by atomic mass is 9.94. The van der Waals surface area contributed by atoms with Gasteiger partial charge < -0.3 is 4.90 Å². The molecule has 1 aliphatic heterocycles. The third-order valence-electron chi connectivity index (χ3n) is 3.80. The lowest BCUT2D eigenvalue weighted by molar-refractivity contribution is 0.476. The Bertz CT molecular complexity index is 488. The Labute approximate surface area is 114 Å². The van der Waals surface area contributed by atoms with Gasteiger partial charge in [0.05, 0.1) is 6.07 Å². The molecule has 0 bridgehead atoms. The molecule has 1 aliphatic rings. The zero-order valence-electron chi connectivity index (χ0n) is 11.2. The van der Waals surface area contributed by atoms with Crippen LogP contribution in [0, 0.1) is 24.2 Å². The largest absolute Gasteiger partial charge is 0.366 e. The highest BCUT2D eigenvalue weighted by atomic mass is 35.5. The topological polar surface area (TPSA) is 27.0 Å². The number of benzene rings is 1. The van der Waals surface area contributed by atoms with E-state index in [1.807, 2.05) is 12.1 Å². The van der Waals surface area contributed by atoms with E-state index < -0.39 is 0 Å². The summed E-state index contributed by atoms with van der Waals surface area (Å²) >= 11 is 6.11. The SMILES string of the molecule is Cc1ccc(Cl)cc1N1CC(CC#N)CC1(C)C. The molecule has 1 aromatic rings. The van der Waals surface area contributed by atoms with E-state index in [1.54, 1.807) is 0 Å². The third-order valence-corrected chi connectivity index (χ3v) is 4.04. The van der Waals surface area contributed by atoms with Crippen LogP contribution < -0.4 is 4.90 Å². The van der Waals surface area contributed by atoms with Gasteiger partial charge in [0.15, 0.2) is 0 Å². The number of nitriles is 1. The minimum Gasteiger partial charge on any atom is -0.366 e. The average molecular weight is 263 g/mol. The van der Waals surface area contributed by atoms with Gasteiger partial charge in [-0.05, 0) is 50.8 Å². The molecule has 96 valence electrons. The van der Waals surface area contributed by atoms with Crippen LogP contribution in [0.4, 0.5) is 5.69 Å². The van der Waals surface area contributed by atoms with Crippen LogP contribution in [-0.4, -0.2) is 12.1 Å². The van der Waals surface area contributed by atoms with Gasteiger partial charge in [-0.15, -0.1) is 0 Å². The third kappa shape index (κ3) is 2.47. The van der Waals surface area contributed by atoms with Crippen LogP contribution in [0.25, 0.3) is 0 Å². The molecular weight excluding hydrogens is 244 g/mol. The van der Waals surface area contributed by atoms with Gasteiger partial charge in [-0.1, -0.05) is 17.7 Å². The van der Waals surface area contributed by atoms with E-state index in [9.17, 15) is 0 Å². The van der Waals surface area contributed by atoms with Crippen LogP contribution in [0.15, 0.2) is 18.2 Å². The van der Waals surface area contributed by atoms with E-state index in [1.165, 1.54) is 11.3 Å². The van der Waals surface area contributed by atoms with Crippen LogP contribution in [0.5, 0.6) is 0 Å². The highest BCUT2D eigenvalue weighted by molar-refractivity contribution is 6.30. The normalized spacial score (nSPS) is 21.9. The number of hydrogen-bond donors (Lipinski definition) is 0. The molecule has 0 spiro atoms. The predicted molar refractivity (Wildman–Crippen MR) is 76.0 cm³/mol. The second-order valence-electron chi connectivity index (χ2n) is 5.79. The van der Waals surface area contributed by atoms with Crippen molar-refractivity contribution < 1.29 is 0 Å². The Morgan fingerprint density at radius 3 is 2.89 bits per heavy atom. The lowest BCUT2D eigenvalue weighted by Gasteiger charge is -2.34. The molecular formula is C15H19ClN2. The van der Waals surface area contributed by atoms with Crippen LogP contribution in [0.3, 0.4) is 0 Å². The maximum Gasteiger partial charge on any atom is 0.0625 e. The molecule has 1 unspecified atom stereocenters. The minimum absolute atomic E-state index is 0.0942. The van der Waals surface area contributed by atoms with Gasteiger partial charge in [-0.2, -0.15) is 5.26 Å². The number of nitrogens with zero attached hydrogens (tertiary/aromatic N) is 2. The second-order valence-corrected chi connectivity index (χ2v) is 6.22. The molecule has 2 nitrogen and oxygen atoms in total.